The highest BCUT2D eigenvalue weighted by Gasteiger charge is 2.45. The number of nitrogens with zero attached hydrogens (tertiary/aromatic N) is 3. The highest BCUT2D eigenvalue weighted by Crippen LogP contribution is 2.37. The van der Waals surface area contributed by atoms with Gasteiger partial charge in [0.1, 0.15) is 18.0 Å². The molecule has 6 nitrogen and oxygen atoms in total. The van der Waals surface area contributed by atoms with Gasteiger partial charge in [-0.25, -0.2) is 18.2 Å². The molecule has 1 fully saturated rings. The fourth-order valence-corrected chi connectivity index (χ4v) is 4.14. The minimum Gasteiger partial charge on any atom is -0.482 e. The number of aromatic nitrogens is 3. The third-order valence-electron chi connectivity index (χ3n) is 5.11. The van der Waals surface area contributed by atoms with Crippen LogP contribution in [-0.2, 0) is 0 Å². The Morgan fingerprint density at radius 1 is 1.29 bits per heavy atom. The second kappa shape index (κ2) is 8.22. The van der Waals surface area contributed by atoms with Gasteiger partial charge in [0.25, 0.3) is 5.92 Å². The van der Waals surface area contributed by atoms with E-state index in [1.165, 1.54) is 35.4 Å². The van der Waals surface area contributed by atoms with Gasteiger partial charge < -0.3 is 15.8 Å². The summed E-state index contributed by atoms with van der Waals surface area (Å²) in [4.78, 5) is 4.12. The van der Waals surface area contributed by atoms with Gasteiger partial charge in [0.2, 0.25) is 0 Å². The minimum atomic E-state index is -2.89. The first kappa shape index (κ1) is 21.7. The average molecular weight is 472 g/mol. The Balaban J connectivity index is 1.61. The van der Waals surface area contributed by atoms with Crippen molar-refractivity contribution in [3.8, 4) is 16.9 Å². The van der Waals surface area contributed by atoms with Gasteiger partial charge in [0.05, 0.1) is 17.8 Å². The Morgan fingerprint density at radius 2 is 2.06 bits per heavy atom. The molecule has 1 aliphatic heterocycles. The fourth-order valence-electron chi connectivity index (χ4n) is 3.46. The van der Waals surface area contributed by atoms with E-state index < -0.39 is 30.4 Å². The van der Waals surface area contributed by atoms with Crippen LogP contribution in [0.4, 0.5) is 19.0 Å². The third-order valence-corrected chi connectivity index (χ3v) is 5.83. The zero-order valence-electron chi connectivity index (χ0n) is 16.3. The number of alkyl halides is 2. The maximum atomic E-state index is 14.0. The lowest BCUT2D eigenvalue weighted by Crippen LogP contribution is -2.29. The Labute approximate surface area is 186 Å². The molecule has 2 aromatic heterocycles. The molecule has 0 spiro atoms. The SMILES string of the molecule is C[C@@H](Oc1cc(-c2cnn(C3CNCC3(F)F)c2)cnc1N)c1c(Cl)ccc(F)c1Cl. The Morgan fingerprint density at radius 3 is 2.77 bits per heavy atom. The number of nitrogens with one attached hydrogen (secondary N) is 1. The number of nitrogen functional groups attached to an aromatic ring is 1. The number of nitrogens with two attached hydrogens (primary N) is 1. The number of anilines is 1. The number of benzene rings is 1. The summed E-state index contributed by atoms with van der Waals surface area (Å²) in [5, 5.41) is 6.85. The van der Waals surface area contributed by atoms with Crippen molar-refractivity contribution >= 4 is 29.0 Å². The topological polar surface area (TPSA) is 78.0 Å². The molecule has 11 heteroatoms. The first-order valence-corrected chi connectivity index (χ1v) is 10.1. The molecule has 4 rings (SSSR count). The highest BCUT2D eigenvalue weighted by molar-refractivity contribution is 6.36. The summed E-state index contributed by atoms with van der Waals surface area (Å²) in [7, 11) is 0. The van der Waals surface area contributed by atoms with Crippen molar-refractivity contribution in [3.63, 3.8) is 0 Å². The van der Waals surface area contributed by atoms with Crippen LogP contribution in [0.25, 0.3) is 11.1 Å². The molecule has 0 aliphatic carbocycles. The van der Waals surface area contributed by atoms with E-state index in [1.807, 2.05) is 0 Å². The summed E-state index contributed by atoms with van der Waals surface area (Å²) < 4.78 is 49.0. The lowest BCUT2D eigenvalue weighted by Gasteiger charge is -2.19. The number of hydrogen-bond acceptors (Lipinski definition) is 5. The monoisotopic (exact) mass is 471 g/mol. The summed E-state index contributed by atoms with van der Waals surface area (Å²) in [5.74, 6) is -3.21. The Hall–Kier alpha value is -2.49. The summed E-state index contributed by atoms with van der Waals surface area (Å²) in [6, 6.07) is 3.08. The summed E-state index contributed by atoms with van der Waals surface area (Å²) in [6.07, 6.45) is 3.74. The van der Waals surface area contributed by atoms with Gasteiger partial charge in [0, 0.05) is 40.7 Å². The summed E-state index contributed by atoms with van der Waals surface area (Å²) in [6.45, 7) is 1.37. The number of rotatable bonds is 5. The van der Waals surface area contributed by atoms with Crippen LogP contribution in [0.15, 0.2) is 36.8 Å². The van der Waals surface area contributed by atoms with Crippen molar-refractivity contribution in [1.29, 1.82) is 0 Å². The maximum absolute atomic E-state index is 14.0. The van der Waals surface area contributed by atoms with Crippen molar-refractivity contribution in [2.45, 2.75) is 25.0 Å². The molecule has 1 saturated heterocycles. The Bertz CT molecular complexity index is 1120. The van der Waals surface area contributed by atoms with Crippen molar-refractivity contribution in [3.05, 3.63) is 58.2 Å². The van der Waals surface area contributed by atoms with Crippen molar-refractivity contribution in [1.82, 2.24) is 20.1 Å². The quantitative estimate of drug-likeness (QED) is 0.517. The van der Waals surface area contributed by atoms with Crippen LogP contribution in [-0.4, -0.2) is 33.8 Å². The molecule has 0 radical (unpaired) electrons. The van der Waals surface area contributed by atoms with E-state index in [2.05, 4.69) is 15.4 Å². The van der Waals surface area contributed by atoms with Crippen LogP contribution < -0.4 is 15.8 Å². The molecule has 3 N–H and O–H groups in total. The van der Waals surface area contributed by atoms with E-state index in [1.54, 1.807) is 13.0 Å². The van der Waals surface area contributed by atoms with E-state index in [0.29, 0.717) is 11.1 Å². The molecule has 1 aromatic carbocycles. The fraction of sp³-hybridized carbons (Fsp3) is 0.300. The molecule has 2 atom stereocenters. The van der Waals surface area contributed by atoms with Gasteiger partial charge in [-0.15, -0.1) is 0 Å². The zero-order chi connectivity index (χ0) is 22.3. The van der Waals surface area contributed by atoms with Crippen molar-refractivity contribution in [2.24, 2.45) is 0 Å². The molecule has 3 aromatic rings. The average Bonchev–Trinajstić information content (AvgIpc) is 3.32. The first-order valence-electron chi connectivity index (χ1n) is 9.36. The molecule has 0 saturated carbocycles. The molecule has 1 unspecified atom stereocenters. The van der Waals surface area contributed by atoms with E-state index >= 15 is 0 Å². The van der Waals surface area contributed by atoms with Gasteiger partial charge in [-0.1, -0.05) is 23.2 Å². The summed E-state index contributed by atoms with van der Waals surface area (Å²) >= 11 is 12.2. The van der Waals surface area contributed by atoms with E-state index in [4.69, 9.17) is 33.7 Å². The third kappa shape index (κ3) is 4.17. The van der Waals surface area contributed by atoms with E-state index in [9.17, 15) is 13.2 Å². The van der Waals surface area contributed by atoms with Crippen LogP contribution in [0.3, 0.4) is 0 Å². The van der Waals surface area contributed by atoms with E-state index in [0.717, 1.165) is 0 Å². The molecule has 1 aliphatic rings. The standard InChI is InChI=1S/C20H18Cl2F3N5O/c1-10(17-13(21)2-3-14(23)18(17)22)31-15-4-11(5-28-19(15)26)12-6-29-30(8-12)16-7-27-9-20(16,24)25/h2-6,8,10,16,27H,7,9H2,1H3,(H2,26,28)/t10-,16?/m1/s1. The van der Waals surface area contributed by atoms with Crippen LogP contribution in [0.5, 0.6) is 5.75 Å². The van der Waals surface area contributed by atoms with E-state index in [-0.39, 0.29) is 33.7 Å². The molecular formula is C20H18Cl2F3N5O. The van der Waals surface area contributed by atoms with Gasteiger partial charge in [-0.05, 0) is 25.1 Å². The molecule has 3 heterocycles. The smallest absolute Gasteiger partial charge is 0.283 e. The number of pyridine rings is 1. The van der Waals surface area contributed by atoms with Crippen molar-refractivity contribution in [2.75, 3.05) is 18.8 Å². The van der Waals surface area contributed by atoms with Crippen LogP contribution in [0, 0.1) is 5.82 Å². The largest absolute Gasteiger partial charge is 0.482 e. The predicted octanol–water partition coefficient (Wildman–Crippen LogP) is 4.89. The number of halogens is 5. The molecule has 0 bridgehead atoms. The number of ether oxygens (including phenoxy) is 1. The molecule has 164 valence electrons. The van der Waals surface area contributed by atoms with Gasteiger partial charge in [-0.3, -0.25) is 4.68 Å². The lowest BCUT2D eigenvalue weighted by molar-refractivity contribution is -0.0195. The zero-order valence-corrected chi connectivity index (χ0v) is 17.8. The second-order valence-corrected chi connectivity index (χ2v) is 8.03. The second-order valence-electron chi connectivity index (χ2n) is 7.24. The predicted molar refractivity (Wildman–Crippen MR) is 112 cm³/mol. The molecular weight excluding hydrogens is 454 g/mol. The van der Waals surface area contributed by atoms with Crippen molar-refractivity contribution < 1.29 is 17.9 Å². The van der Waals surface area contributed by atoms with Gasteiger partial charge in [0.15, 0.2) is 11.6 Å². The van der Waals surface area contributed by atoms with Crippen LogP contribution in [0.2, 0.25) is 10.0 Å². The Kier molecular flexibility index (Phi) is 5.76. The van der Waals surface area contributed by atoms with Crippen LogP contribution >= 0.6 is 23.2 Å². The normalized spacial score (nSPS) is 18.8. The lowest BCUT2D eigenvalue weighted by atomic mass is 10.1. The van der Waals surface area contributed by atoms with Gasteiger partial charge in [-0.2, -0.15) is 5.10 Å². The summed E-state index contributed by atoms with van der Waals surface area (Å²) in [5.41, 5.74) is 7.34. The molecule has 0 amide bonds. The highest BCUT2D eigenvalue weighted by atomic mass is 35.5. The number of hydrogen-bond donors (Lipinski definition) is 2. The first-order chi connectivity index (χ1) is 14.7. The van der Waals surface area contributed by atoms with Gasteiger partial charge >= 0.3 is 0 Å². The molecule has 31 heavy (non-hydrogen) atoms. The van der Waals surface area contributed by atoms with Crippen LogP contribution in [0.1, 0.15) is 24.6 Å². The minimum absolute atomic E-state index is 0.0955. The maximum Gasteiger partial charge on any atom is 0.283 e.